The number of methoxy groups -OCH3 is 1. The number of halogens is 1. The number of likely N-dealkylation sites (tertiary alicyclic amines) is 1. The van der Waals surface area contributed by atoms with Crippen molar-refractivity contribution in [2.45, 2.75) is 51.6 Å². The number of nitrogens with zero attached hydrogens (tertiary/aromatic N) is 3. The van der Waals surface area contributed by atoms with Crippen molar-refractivity contribution in [3.63, 3.8) is 0 Å². The van der Waals surface area contributed by atoms with Gasteiger partial charge in [0, 0.05) is 24.6 Å². The summed E-state index contributed by atoms with van der Waals surface area (Å²) in [5, 5.41) is 6.79. The van der Waals surface area contributed by atoms with E-state index in [4.69, 9.17) is 9.15 Å². The highest BCUT2D eigenvalue weighted by atomic mass is 127. The average Bonchev–Trinajstić information content (AvgIpc) is 3.43. The fourth-order valence-electron chi connectivity index (χ4n) is 3.74. The first kappa shape index (κ1) is 25.5. The summed E-state index contributed by atoms with van der Waals surface area (Å²) >= 11 is 0. The predicted molar refractivity (Wildman–Crippen MR) is 135 cm³/mol. The van der Waals surface area contributed by atoms with Gasteiger partial charge in [0.1, 0.15) is 11.5 Å². The lowest BCUT2D eigenvalue weighted by molar-refractivity contribution is 0.239. The van der Waals surface area contributed by atoms with Crippen molar-refractivity contribution >= 4 is 29.9 Å². The van der Waals surface area contributed by atoms with Crippen LogP contribution in [0.25, 0.3) is 0 Å². The molecule has 7 nitrogen and oxygen atoms in total. The highest BCUT2D eigenvalue weighted by molar-refractivity contribution is 14.0. The SMILES string of the molecule is CN=C(NCc1ncc(C(C)(C)C)o1)NCC(c1ccccc1OC)N1CCCC1.I. The lowest BCUT2D eigenvalue weighted by Crippen LogP contribution is -2.42. The number of hydrogen-bond acceptors (Lipinski definition) is 5. The number of ether oxygens (including phenoxy) is 1. The summed E-state index contributed by atoms with van der Waals surface area (Å²) in [5.41, 5.74) is 1.15. The zero-order valence-corrected chi connectivity index (χ0v) is 21.6. The summed E-state index contributed by atoms with van der Waals surface area (Å²) < 4.78 is 11.5. The third-order valence-electron chi connectivity index (χ3n) is 5.47. The maximum absolute atomic E-state index is 5.87. The van der Waals surface area contributed by atoms with Crippen molar-refractivity contribution in [1.29, 1.82) is 0 Å². The van der Waals surface area contributed by atoms with Crippen molar-refractivity contribution in [2.24, 2.45) is 4.99 Å². The molecule has 1 aliphatic rings. The standard InChI is InChI=1S/C23H35N5O2.HI/c1-23(2,3)20-15-25-21(30-20)16-27-22(24-4)26-14-18(28-12-8-9-13-28)17-10-6-7-11-19(17)29-5;/h6-7,10-11,15,18H,8-9,12-14,16H2,1-5H3,(H2,24,26,27);1H. The largest absolute Gasteiger partial charge is 0.496 e. The minimum atomic E-state index is -0.0527. The van der Waals surface area contributed by atoms with Gasteiger partial charge in [-0.3, -0.25) is 9.89 Å². The molecule has 2 N–H and O–H groups in total. The molecule has 3 rings (SSSR count). The van der Waals surface area contributed by atoms with E-state index in [0.717, 1.165) is 37.1 Å². The second kappa shape index (κ2) is 11.7. The second-order valence-electron chi connectivity index (χ2n) is 8.68. The maximum atomic E-state index is 5.87. The first-order valence-electron chi connectivity index (χ1n) is 10.7. The van der Waals surface area contributed by atoms with Crippen LogP contribution in [0, 0.1) is 0 Å². The number of para-hydroxylation sites is 1. The maximum Gasteiger partial charge on any atom is 0.213 e. The molecule has 1 atom stereocenters. The van der Waals surface area contributed by atoms with E-state index in [1.807, 2.05) is 12.1 Å². The average molecular weight is 541 g/mol. The van der Waals surface area contributed by atoms with Crippen LogP contribution in [0.5, 0.6) is 5.75 Å². The number of aliphatic imine (C=N–C) groups is 1. The normalized spacial score (nSPS) is 16.0. The Morgan fingerprint density at radius 3 is 2.55 bits per heavy atom. The van der Waals surface area contributed by atoms with Crippen molar-refractivity contribution < 1.29 is 9.15 Å². The van der Waals surface area contributed by atoms with Crippen LogP contribution in [-0.4, -0.2) is 49.6 Å². The zero-order valence-electron chi connectivity index (χ0n) is 19.3. The van der Waals surface area contributed by atoms with E-state index in [9.17, 15) is 0 Å². The number of benzene rings is 1. The van der Waals surface area contributed by atoms with Crippen molar-refractivity contribution in [3.05, 3.63) is 47.7 Å². The monoisotopic (exact) mass is 541 g/mol. The van der Waals surface area contributed by atoms with Gasteiger partial charge < -0.3 is 19.8 Å². The van der Waals surface area contributed by atoms with Gasteiger partial charge in [-0.2, -0.15) is 0 Å². The molecular weight excluding hydrogens is 505 g/mol. The minimum absolute atomic E-state index is 0. The topological polar surface area (TPSA) is 74.9 Å². The first-order chi connectivity index (χ1) is 14.4. The van der Waals surface area contributed by atoms with Crippen LogP contribution < -0.4 is 15.4 Å². The predicted octanol–water partition coefficient (Wildman–Crippen LogP) is 4.10. The van der Waals surface area contributed by atoms with Crippen LogP contribution in [0.3, 0.4) is 0 Å². The number of hydrogen-bond donors (Lipinski definition) is 2. The molecule has 8 heteroatoms. The number of oxazole rings is 1. The molecule has 0 radical (unpaired) electrons. The summed E-state index contributed by atoms with van der Waals surface area (Å²) in [5.74, 6) is 3.19. The van der Waals surface area contributed by atoms with E-state index < -0.39 is 0 Å². The van der Waals surface area contributed by atoms with Gasteiger partial charge in [0.05, 0.1) is 25.9 Å². The van der Waals surface area contributed by atoms with Crippen LogP contribution in [0.4, 0.5) is 0 Å². The molecule has 1 fully saturated rings. The van der Waals surface area contributed by atoms with Gasteiger partial charge in [-0.15, -0.1) is 24.0 Å². The summed E-state index contributed by atoms with van der Waals surface area (Å²) in [6, 6.07) is 8.49. The van der Waals surface area contributed by atoms with E-state index >= 15 is 0 Å². The van der Waals surface area contributed by atoms with Gasteiger partial charge in [-0.05, 0) is 32.0 Å². The Morgan fingerprint density at radius 1 is 1.23 bits per heavy atom. The third kappa shape index (κ3) is 6.83. The fraction of sp³-hybridized carbons (Fsp3) is 0.565. The molecule has 172 valence electrons. The lowest BCUT2D eigenvalue weighted by Gasteiger charge is -2.29. The molecule has 0 spiro atoms. The van der Waals surface area contributed by atoms with E-state index in [-0.39, 0.29) is 35.4 Å². The molecule has 31 heavy (non-hydrogen) atoms. The summed E-state index contributed by atoms with van der Waals surface area (Å²) in [6.07, 6.45) is 4.27. The van der Waals surface area contributed by atoms with Crippen LogP contribution in [0.15, 0.2) is 39.9 Å². The number of aromatic nitrogens is 1. The minimum Gasteiger partial charge on any atom is -0.496 e. The van der Waals surface area contributed by atoms with Gasteiger partial charge in [-0.1, -0.05) is 39.0 Å². The Bertz CT molecular complexity index is 840. The Kier molecular flexibility index (Phi) is 9.61. The molecule has 0 aliphatic carbocycles. The summed E-state index contributed by atoms with van der Waals surface area (Å²) in [6.45, 7) is 9.76. The van der Waals surface area contributed by atoms with Crippen LogP contribution in [-0.2, 0) is 12.0 Å². The van der Waals surface area contributed by atoms with E-state index in [1.54, 1.807) is 20.4 Å². The highest BCUT2D eigenvalue weighted by Gasteiger charge is 2.26. The molecule has 1 aliphatic heterocycles. The van der Waals surface area contributed by atoms with Gasteiger partial charge in [-0.25, -0.2) is 4.98 Å². The molecule has 0 amide bonds. The molecule has 0 saturated carbocycles. The Morgan fingerprint density at radius 2 is 1.94 bits per heavy atom. The fourth-order valence-corrected chi connectivity index (χ4v) is 3.74. The molecule has 0 bridgehead atoms. The lowest BCUT2D eigenvalue weighted by atomic mass is 9.94. The zero-order chi connectivity index (χ0) is 21.6. The number of guanidine groups is 1. The highest BCUT2D eigenvalue weighted by Crippen LogP contribution is 2.31. The van der Waals surface area contributed by atoms with E-state index in [0.29, 0.717) is 12.4 Å². The molecule has 1 saturated heterocycles. The summed E-state index contributed by atoms with van der Waals surface area (Å²) in [7, 11) is 3.51. The van der Waals surface area contributed by atoms with Crippen molar-refractivity contribution in [3.8, 4) is 5.75 Å². The van der Waals surface area contributed by atoms with E-state index in [2.05, 4.69) is 58.4 Å². The van der Waals surface area contributed by atoms with Gasteiger partial charge in [0.15, 0.2) is 5.96 Å². The van der Waals surface area contributed by atoms with Crippen LogP contribution in [0.1, 0.15) is 56.9 Å². The summed E-state index contributed by atoms with van der Waals surface area (Å²) in [4.78, 5) is 11.3. The second-order valence-corrected chi connectivity index (χ2v) is 8.68. The smallest absolute Gasteiger partial charge is 0.213 e. The molecule has 1 aromatic carbocycles. The Labute approximate surface area is 203 Å². The van der Waals surface area contributed by atoms with Gasteiger partial charge >= 0.3 is 0 Å². The molecule has 1 aromatic heterocycles. The van der Waals surface area contributed by atoms with Gasteiger partial charge in [0.2, 0.25) is 5.89 Å². The van der Waals surface area contributed by atoms with Crippen molar-refractivity contribution in [2.75, 3.05) is 33.8 Å². The van der Waals surface area contributed by atoms with Crippen LogP contribution >= 0.6 is 24.0 Å². The third-order valence-corrected chi connectivity index (χ3v) is 5.47. The first-order valence-corrected chi connectivity index (χ1v) is 10.7. The quantitative estimate of drug-likeness (QED) is 0.313. The van der Waals surface area contributed by atoms with Crippen molar-refractivity contribution in [1.82, 2.24) is 20.5 Å². The van der Waals surface area contributed by atoms with E-state index in [1.165, 1.54) is 18.4 Å². The molecule has 2 aromatic rings. The number of nitrogens with one attached hydrogen (secondary N) is 2. The van der Waals surface area contributed by atoms with Crippen LogP contribution in [0.2, 0.25) is 0 Å². The van der Waals surface area contributed by atoms with Gasteiger partial charge in [0.25, 0.3) is 0 Å². The Hall–Kier alpha value is -1.81. The molecule has 2 heterocycles. The molecular formula is C23H36IN5O2. The number of rotatable bonds is 7. The Balaban J connectivity index is 0.00000341. The molecule has 1 unspecified atom stereocenters.